The van der Waals surface area contributed by atoms with Gasteiger partial charge in [-0.15, -0.1) is 0 Å². The zero-order chi connectivity index (χ0) is 12.2. The molecule has 0 bridgehead atoms. The van der Waals surface area contributed by atoms with Crippen molar-refractivity contribution in [3.05, 3.63) is 29.8 Å². The van der Waals surface area contributed by atoms with Gasteiger partial charge in [0.05, 0.1) is 11.1 Å². The molecule has 0 aromatic heterocycles. The molecule has 0 fully saturated rings. The van der Waals surface area contributed by atoms with Gasteiger partial charge in [0, 0.05) is 6.26 Å². The summed E-state index contributed by atoms with van der Waals surface area (Å²) in [6, 6.07) is 6.30. The van der Waals surface area contributed by atoms with Gasteiger partial charge in [-0.3, -0.25) is 5.43 Å². The molecule has 0 saturated carbocycles. The number of hydrogen-bond donors (Lipinski definition) is 2. The molecule has 0 spiro atoms. The molecule has 0 heterocycles. The Kier molecular flexibility index (Phi) is 3.97. The van der Waals surface area contributed by atoms with Crippen molar-refractivity contribution in [1.82, 2.24) is 5.43 Å². The highest BCUT2D eigenvalue weighted by Crippen LogP contribution is 2.08. The second-order valence-electron chi connectivity index (χ2n) is 3.08. The highest BCUT2D eigenvalue weighted by atomic mass is 32.2. The zero-order valence-corrected chi connectivity index (χ0v) is 10.2. The van der Waals surface area contributed by atoms with Crippen molar-refractivity contribution in [2.24, 2.45) is 10.8 Å². The fourth-order valence-corrected chi connectivity index (χ4v) is 1.65. The number of nitrogens with one attached hydrogen (secondary N) is 1. The van der Waals surface area contributed by atoms with E-state index >= 15 is 0 Å². The van der Waals surface area contributed by atoms with Gasteiger partial charge in [0.1, 0.15) is 0 Å². The molecule has 5 nitrogen and oxygen atoms in total. The lowest BCUT2D eigenvalue weighted by Crippen LogP contribution is -2.23. The standard InChI is InChI=1S/C9H11N3O2S2/c1-16(13,14)8-4-2-7(3-5-8)6-11-12-9(10)15/h2-6H,1H3,(H3,10,12,15)/b11-6+. The molecule has 1 rings (SSSR count). The largest absolute Gasteiger partial charge is 0.375 e. The quantitative estimate of drug-likeness (QED) is 0.461. The number of nitrogens with two attached hydrogens (primary N) is 1. The summed E-state index contributed by atoms with van der Waals surface area (Å²) in [6.07, 6.45) is 2.65. The van der Waals surface area contributed by atoms with E-state index in [1.54, 1.807) is 12.1 Å². The zero-order valence-electron chi connectivity index (χ0n) is 8.54. The van der Waals surface area contributed by atoms with Crippen molar-refractivity contribution in [3.63, 3.8) is 0 Å². The van der Waals surface area contributed by atoms with E-state index in [4.69, 9.17) is 5.73 Å². The summed E-state index contributed by atoms with van der Waals surface area (Å²) in [5.74, 6) is 0. The lowest BCUT2D eigenvalue weighted by Gasteiger charge is -1.98. The molecular weight excluding hydrogens is 246 g/mol. The van der Waals surface area contributed by atoms with Gasteiger partial charge in [-0.1, -0.05) is 12.1 Å². The molecule has 0 radical (unpaired) electrons. The Labute approximate surface area is 99.3 Å². The van der Waals surface area contributed by atoms with Crippen LogP contribution in [0.1, 0.15) is 5.56 Å². The van der Waals surface area contributed by atoms with Crippen LogP contribution in [0.3, 0.4) is 0 Å². The molecule has 0 saturated heterocycles. The molecule has 16 heavy (non-hydrogen) atoms. The predicted molar refractivity (Wildman–Crippen MR) is 67.1 cm³/mol. The number of benzene rings is 1. The van der Waals surface area contributed by atoms with Gasteiger partial charge in [0.25, 0.3) is 0 Å². The van der Waals surface area contributed by atoms with E-state index in [0.29, 0.717) is 0 Å². The lowest BCUT2D eigenvalue weighted by molar-refractivity contribution is 0.602. The molecule has 1 aromatic carbocycles. The van der Waals surface area contributed by atoms with Crippen molar-refractivity contribution in [2.45, 2.75) is 4.90 Å². The molecule has 0 amide bonds. The van der Waals surface area contributed by atoms with E-state index in [2.05, 4.69) is 22.7 Å². The Morgan fingerprint density at radius 2 is 2.00 bits per heavy atom. The number of nitrogens with zero attached hydrogens (tertiary/aromatic N) is 1. The molecule has 7 heteroatoms. The Morgan fingerprint density at radius 1 is 1.44 bits per heavy atom. The minimum absolute atomic E-state index is 0.0732. The van der Waals surface area contributed by atoms with Gasteiger partial charge < -0.3 is 5.73 Å². The first-order valence-corrected chi connectivity index (χ1v) is 6.58. The molecule has 0 aliphatic rings. The van der Waals surface area contributed by atoms with Crippen molar-refractivity contribution in [3.8, 4) is 0 Å². The van der Waals surface area contributed by atoms with Crippen LogP contribution >= 0.6 is 12.2 Å². The number of thiocarbonyl (C=S) groups is 1. The van der Waals surface area contributed by atoms with Crippen molar-refractivity contribution < 1.29 is 8.42 Å². The summed E-state index contributed by atoms with van der Waals surface area (Å²) in [5.41, 5.74) is 8.31. The van der Waals surface area contributed by atoms with Crippen LogP contribution in [0.5, 0.6) is 0 Å². The van der Waals surface area contributed by atoms with Gasteiger partial charge in [0.2, 0.25) is 0 Å². The van der Waals surface area contributed by atoms with E-state index in [1.807, 2.05) is 0 Å². The third kappa shape index (κ3) is 3.95. The van der Waals surface area contributed by atoms with E-state index in [-0.39, 0.29) is 10.0 Å². The van der Waals surface area contributed by atoms with Crippen LogP contribution in [0, 0.1) is 0 Å². The fourth-order valence-electron chi connectivity index (χ4n) is 0.972. The Morgan fingerprint density at radius 3 is 2.44 bits per heavy atom. The third-order valence-corrected chi connectivity index (χ3v) is 2.92. The maximum Gasteiger partial charge on any atom is 0.184 e. The molecular formula is C9H11N3O2S2. The van der Waals surface area contributed by atoms with Crippen LogP contribution in [-0.4, -0.2) is 26.0 Å². The number of hydrogen-bond acceptors (Lipinski definition) is 4. The van der Waals surface area contributed by atoms with Crippen molar-refractivity contribution >= 4 is 33.4 Å². The average molecular weight is 257 g/mol. The summed E-state index contributed by atoms with van der Waals surface area (Å²) in [6.45, 7) is 0. The number of rotatable bonds is 3. The van der Waals surface area contributed by atoms with Crippen LogP contribution in [0.4, 0.5) is 0 Å². The first-order chi connectivity index (χ1) is 7.39. The summed E-state index contributed by atoms with van der Waals surface area (Å²) in [7, 11) is -3.15. The summed E-state index contributed by atoms with van der Waals surface area (Å²) < 4.78 is 22.3. The van der Waals surface area contributed by atoms with Crippen LogP contribution in [0.25, 0.3) is 0 Å². The van der Waals surface area contributed by atoms with Gasteiger partial charge in [-0.05, 0) is 29.9 Å². The summed E-state index contributed by atoms with van der Waals surface area (Å²) in [4.78, 5) is 0.270. The summed E-state index contributed by atoms with van der Waals surface area (Å²) >= 11 is 4.55. The van der Waals surface area contributed by atoms with Crippen molar-refractivity contribution in [2.75, 3.05) is 6.26 Å². The minimum Gasteiger partial charge on any atom is -0.375 e. The minimum atomic E-state index is -3.15. The Bertz CT molecular complexity index is 506. The predicted octanol–water partition coefficient (Wildman–Crippen LogP) is 0.257. The first kappa shape index (κ1) is 12.6. The first-order valence-electron chi connectivity index (χ1n) is 4.28. The summed E-state index contributed by atoms with van der Waals surface area (Å²) in [5, 5.41) is 3.82. The van der Waals surface area contributed by atoms with Crippen LogP contribution < -0.4 is 11.2 Å². The molecule has 0 aliphatic heterocycles. The maximum atomic E-state index is 11.2. The molecule has 0 aliphatic carbocycles. The second kappa shape index (κ2) is 5.04. The molecule has 0 unspecified atom stereocenters. The average Bonchev–Trinajstić information content (AvgIpc) is 2.16. The highest BCUT2D eigenvalue weighted by Gasteiger charge is 2.04. The topological polar surface area (TPSA) is 84.5 Å². The van der Waals surface area contributed by atoms with Crippen LogP contribution in [0.2, 0.25) is 0 Å². The Hall–Kier alpha value is -1.47. The normalized spacial score (nSPS) is 11.6. The van der Waals surface area contributed by atoms with Crippen molar-refractivity contribution in [1.29, 1.82) is 0 Å². The number of sulfone groups is 1. The van der Waals surface area contributed by atoms with Crippen LogP contribution in [-0.2, 0) is 9.84 Å². The smallest absolute Gasteiger partial charge is 0.184 e. The monoisotopic (exact) mass is 257 g/mol. The van der Waals surface area contributed by atoms with E-state index in [9.17, 15) is 8.42 Å². The molecule has 1 aromatic rings. The lowest BCUT2D eigenvalue weighted by atomic mass is 10.2. The van der Waals surface area contributed by atoms with Crippen LogP contribution in [0.15, 0.2) is 34.3 Å². The van der Waals surface area contributed by atoms with Gasteiger partial charge >= 0.3 is 0 Å². The van der Waals surface area contributed by atoms with Gasteiger partial charge in [-0.25, -0.2) is 8.42 Å². The Balaban J connectivity index is 2.80. The molecule has 86 valence electrons. The molecule has 0 atom stereocenters. The van der Waals surface area contributed by atoms with E-state index in [0.717, 1.165) is 11.8 Å². The van der Waals surface area contributed by atoms with Gasteiger partial charge in [-0.2, -0.15) is 5.10 Å². The SMILES string of the molecule is CS(=O)(=O)c1ccc(/C=N/NC(N)=S)cc1. The van der Waals surface area contributed by atoms with E-state index in [1.165, 1.54) is 18.3 Å². The second-order valence-corrected chi connectivity index (χ2v) is 5.53. The maximum absolute atomic E-state index is 11.2. The van der Waals surface area contributed by atoms with Gasteiger partial charge in [0.15, 0.2) is 14.9 Å². The van der Waals surface area contributed by atoms with E-state index < -0.39 is 9.84 Å². The fraction of sp³-hybridized carbons (Fsp3) is 0.111. The molecule has 3 N–H and O–H groups in total. The number of hydrazone groups is 1. The highest BCUT2D eigenvalue weighted by molar-refractivity contribution is 7.90. The third-order valence-electron chi connectivity index (χ3n) is 1.70.